The van der Waals surface area contributed by atoms with Crippen molar-refractivity contribution in [3.63, 3.8) is 0 Å². The lowest BCUT2D eigenvalue weighted by atomic mass is 10.2. The van der Waals surface area contributed by atoms with Crippen LogP contribution in [0.1, 0.15) is 10.4 Å². The molecule has 2 aromatic carbocycles. The minimum absolute atomic E-state index is 0.166. The Hall–Kier alpha value is -1.38. The van der Waals surface area contributed by atoms with E-state index in [1.807, 2.05) is 36.4 Å². The van der Waals surface area contributed by atoms with Gasteiger partial charge in [-0.3, -0.25) is 21.0 Å². The fourth-order valence-corrected chi connectivity index (χ4v) is 2.36. The second kappa shape index (κ2) is 7.58. The molecular weight excluding hydrogens is 421 g/mol. The van der Waals surface area contributed by atoms with Crippen molar-refractivity contribution < 1.29 is 4.79 Å². The largest absolute Gasteiger partial charge is 0.299 e. The highest BCUT2D eigenvalue weighted by molar-refractivity contribution is 14.1. The van der Waals surface area contributed by atoms with Crippen LogP contribution in [-0.4, -0.2) is 11.0 Å². The zero-order chi connectivity index (χ0) is 15.2. The average Bonchev–Trinajstić information content (AvgIpc) is 2.48. The van der Waals surface area contributed by atoms with E-state index in [1.54, 1.807) is 12.1 Å². The Labute approximate surface area is 146 Å². The number of anilines is 1. The third kappa shape index (κ3) is 4.83. The first-order chi connectivity index (χ1) is 10.1. The number of rotatable bonds is 3. The number of carbonyl (C=O) groups excluding carboxylic acids is 1. The number of hydrogen-bond acceptors (Lipinski definition) is 3. The topological polar surface area (TPSA) is 53.2 Å². The maximum absolute atomic E-state index is 12.1. The lowest BCUT2D eigenvalue weighted by molar-refractivity contribution is 0.0977. The Morgan fingerprint density at radius 2 is 1.86 bits per heavy atom. The normalized spacial score (nSPS) is 9.81. The van der Waals surface area contributed by atoms with Crippen LogP contribution in [-0.2, 0) is 0 Å². The molecule has 2 aromatic rings. The van der Waals surface area contributed by atoms with Crippen molar-refractivity contribution in [3.8, 4) is 0 Å². The van der Waals surface area contributed by atoms with Gasteiger partial charge in [-0.15, -0.1) is 0 Å². The molecule has 7 heteroatoms. The molecule has 0 aliphatic carbocycles. The van der Waals surface area contributed by atoms with Gasteiger partial charge in [-0.05, 0) is 65.1 Å². The van der Waals surface area contributed by atoms with E-state index in [9.17, 15) is 4.79 Å². The number of amides is 1. The van der Waals surface area contributed by atoms with Gasteiger partial charge in [-0.2, -0.15) is 0 Å². The molecule has 0 bridgehead atoms. The van der Waals surface area contributed by atoms with Crippen molar-refractivity contribution in [2.45, 2.75) is 0 Å². The van der Waals surface area contributed by atoms with Crippen LogP contribution in [0.2, 0.25) is 5.02 Å². The van der Waals surface area contributed by atoms with Gasteiger partial charge in [0.25, 0.3) is 5.91 Å². The van der Waals surface area contributed by atoms with Crippen molar-refractivity contribution in [2.24, 2.45) is 0 Å². The predicted molar refractivity (Wildman–Crippen MR) is 97.4 cm³/mol. The summed E-state index contributed by atoms with van der Waals surface area (Å²) < 4.78 is 0.920. The van der Waals surface area contributed by atoms with Gasteiger partial charge in [-0.25, -0.2) is 0 Å². The zero-order valence-corrected chi connectivity index (χ0v) is 14.4. The van der Waals surface area contributed by atoms with E-state index in [0.717, 1.165) is 9.26 Å². The number of benzene rings is 2. The second-order valence-corrected chi connectivity index (χ2v) is 6.08. The second-order valence-electron chi connectivity index (χ2n) is 4.02. The third-order valence-corrected chi connectivity index (χ3v) is 3.70. The van der Waals surface area contributed by atoms with E-state index in [0.29, 0.717) is 10.6 Å². The molecular formula is C14H11ClIN3OS. The smallest absolute Gasteiger partial charge is 0.258 e. The molecule has 0 aliphatic rings. The van der Waals surface area contributed by atoms with Crippen LogP contribution in [0.15, 0.2) is 48.5 Å². The first-order valence-electron chi connectivity index (χ1n) is 5.93. The molecule has 1 amide bonds. The van der Waals surface area contributed by atoms with Crippen LogP contribution in [0.4, 0.5) is 5.69 Å². The van der Waals surface area contributed by atoms with Gasteiger partial charge in [0, 0.05) is 3.57 Å². The highest BCUT2D eigenvalue weighted by atomic mass is 127. The van der Waals surface area contributed by atoms with E-state index in [2.05, 4.69) is 38.8 Å². The van der Waals surface area contributed by atoms with Gasteiger partial charge < -0.3 is 0 Å². The monoisotopic (exact) mass is 431 g/mol. The fourth-order valence-electron chi connectivity index (χ4n) is 1.52. The van der Waals surface area contributed by atoms with Crippen LogP contribution in [0.25, 0.3) is 0 Å². The highest BCUT2D eigenvalue weighted by Gasteiger charge is 2.12. The summed E-state index contributed by atoms with van der Waals surface area (Å²) in [7, 11) is 0. The Balaban J connectivity index is 1.93. The van der Waals surface area contributed by atoms with Crippen molar-refractivity contribution in [3.05, 3.63) is 62.7 Å². The molecule has 21 heavy (non-hydrogen) atoms. The first-order valence-corrected chi connectivity index (χ1v) is 7.80. The minimum Gasteiger partial charge on any atom is -0.299 e. The number of para-hydroxylation sites is 1. The van der Waals surface area contributed by atoms with Gasteiger partial charge in [-0.1, -0.05) is 29.8 Å². The molecule has 0 fully saturated rings. The van der Waals surface area contributed by atoms with Crippen molar-refractivity contribution >= 4 is 63.1 Å². The lowest BCUT2D eigenvalue weighted by Crippen LogP contribution is -2.42. The van der Waals surface area contributed by atoms with Crippen LogP contribution in [0.3, 0.4) is 0 Å². The molecule has 0 spiro atoms. The van der Waals surface area contributed by atoms with Gasteiger partial charge in [0.2, 0.25) is 0 Å². The molecule has 108 valence electrons. The number of thiocarbonyl (C=S) groups is 1. The van der Waals surface area contributed by atoms with E-state index in [4.69, 9.17) is 23.8 Å². The number of nitrogens with one attached hydrogen (secondary N) is 3. The summed E-state index contributed by atoms with van der Waals surface area (Å²) in [6, 6.07) is 14.6. The molecule has 0 heterocycles. The van der Waals surface area contributed by atoms with Crippen LogP contribution < -0.4 is 16.2 Å². The Kier molecular flexibility index (Phi) is 5.77. The Bertz CT molecular complexity index is 667. The van der Waals surface area contributed by atoms with Crippen LogP contribution in [0.5, 0.6) is 0 Å². The zero-order valence-electron chi connectivity index (χ0n) is 10.7. The van der Waals surface area contributed by atoms with E-state index >= 15 is 0 Å². The van der Waals surface area contributed by atoms with Gasteiger partial charge >= 0.3 is 0 Å². The fraction of sp³-hybridized carbons (Fsp3) is 0. The number of halogens is 2. The third-order valence-electron chi connectivity index (χ3n) is 2.49. The summed E-state index contributed by atoms with van der Waals surface area (Å²) in [5.41, 5.74) is 6.84. The quantitative estimate of drug-likeness (QED) is 0.395. The summed E-state index contributed by atoms with van der Waals surface area (Å²) in [6.07, 6.45) is 0. The van der Waals surface area contributed by atoms with E-state index in [1.165, 1.54) is 0 Å². The molecule has 0 aromatic heterocycles. The molecule has 0 unspecified atom stereocenters. The van der Waals surface area contributed by atoms with E-state index in [-0.39, 0.29) is 11.0 Å². The Morgan fingerprint density at radius 1 is 1.14 bits per heavy atom. The van der Waals surface area contributed by atoms with Crippen LogP contribution >= 0.6 is 46.4 Å². The molecule has 0 radical (unpaired) electrons. The summed E-state index contributed by atoms with van der Waals surface area (Å²) in [5, 5.41) is 3.11. The standard InChI is InChI=1S/C14H11ClIN3OS/c15-12-7-6-9(16)8-11(12)13(20)17-14(21)19-18-10-4-2-1-3-5-10/h1-8,18H,(H2,17,19,20,21). The molecule has 3 N–H and O–H groups in total. The summed E-state index contributed by atoms with van der Waals surface area (Å²) in [4.78, 5) is 12.1. The maximum Gasteiger partial charge on any atom is 0.258 e. The van der Waals surface area contributed by atoms with Gasteiger partial charge in [0.15, 0.2) is 5.11 Å². The first kappa shape index (κ1) is 16.0. The SMILES string of the molecule is O=C(NC(=S)NNc1ccccc1)c1cc(I)ccc1Cl. The highest BCUT2D eigenvalue weighted by Crippen LogP contribution is 2.18. The van der Waals surface area contributed by atoms with Gasteiger partial charge in [0.1, 0.15) is 0 Å². The van der Waals surface area contributed by atoms with Crippen molar-refractivity contribution in [1.82, 2.24) is 10.7 Å². The maximum atomic E-state index is 12.1. The molecule has 0 saturated heterocycles. The lowest BCUT2D eigenvalue weighted by Gasteiger charge is -2.12. The summed E-state index contributed by atoms with van der Waals surface area (Å²) in [6.45, 7) is 0. The predicted octanol–water partition coefficient (Wildman–Crippen LogP) is 3.58. The average molecular weight is 432 g/mol. The molecule has 0 atom stereocenters. The minimum atomic E-state index is -0.356. The van der Waals surface area contributed by atoms with Crippen molar-refractivity contribution in [2.75, 3.05) is 5.43 Å². The molecule has 4 nitrogen and oxygen atoms in total. The number of carbonyl (C=O) groups is 1. The summed E-state index contributed by atoms with van der Waals surface area (Å²) in [5.74, 6) is -0.356. The van der Waals surface area contributed by atoms with Crippen molar-refractivity contribution in [1.29, 1.82) is 0 Å². The Morgan fingerprint density at radius 3 is 2.57 bits per heavy atom. The van der Waals surface area contributed by atoms with Gasteiger partial charge in [0.05, 0.1) is 16.3 Å². The molecule has 0 aliphatic heterocycles. The molecule has 0 saturated carbocycles. The number of hydrazine groups is 1. The summed E-state index contributed by atoms with van der Waals surface area (Å²) >= 11 is 13.2. The number of hydrogen-bond donors (Lipinski definition) is 3. The van der Waals surface area contributed by atoms with Crippen LogP contribution in [0, 0.1) is 3.57 Å². The molecule has 2 rings (SSSR count). The van der Waals surface area contributed by atoms with E-state index < -0.39 is 0 Å².